The van der Waals surface area contributed by atoms with Gasteiger partial charge in [-0.1, -0.05) is 0 Å². The standard InChI is InChI=1S/C6H13FN2.2ClH/c1-9(2)6-4-8-3-5(6)7;;/h5-6,8H,3-4H2,1-2H3;2*1H/t5-,6+;;/m0../s1. The van der Waals surface area contributed by atoms with E-state index in [4.69, 9.17) is 0 Å². The number of nitrogens with one attached hydrogen (secondary N) is 1. The minimum atomic E-state index is -0.681. The second-order valence-corrected chi connectivity index (χ2v) is 2.71. The van der Waals surface area contributed by atoms with Gasteiger partial charge in [-0.25, -0.2) is 4.39 Å². The highest BCUT2D eigenvalue weighted by atomic mass is 35.5. The lowest BCUT2D eigenvalue weighted by atomic mass is 10.2. The molecule has 1 rings (SSSR count). The molecule has 0 spiro atoms. The second kappa shape index (κ2) is 6.00. The summed E-state index contributed by atoms with van der Waals surface area (Å²) in [5, 5.41) is 2.99. The zero-order valence-electron chi connectivity index (χ0n) is 6.71. The number of hydrogen-bond acceptors (Lipinski definition) is 2. The molecule has 1 aliphatic heterocycles. The number of nitrogens with zero attached hydrogens (tertiary/aromatic N) is 1. The van der Waals surface area contributed by atoms with Crippen LogP contribution in [0.3, 0.4) is 0 Å². The third-order valence-electron chi connectivity index (χ3n) is 1.77. The van der Waals surface area contributed by atoms with Gasteiger partial charge in [-0.15, -0.1) is 24.8 Å². The lowest BCUT2D eigenvalue weighted by molar-refractivity contribution is 0.202. The van der Waals surface area contributed by atoms with E-state index < -0.39 is 6.17 Å². The van der Waals surface area contributed by atoms with Gasteiger partial charge in [0, 0.05) is 13.1 Å². The van der Waals surface area contributed by atoms with Gasteiger partial charge in [0.2, 0.25) is 0 Å². The van der Waals surface area contributed by atoms with E-state index in [2.05, 4.69) is 5.32 Å². The first-order valence-electron chi connectivity index (χ1n) is 3.23. The van der Waals surface area contributed by atoms with Crippen molar-refractivity contribution in [1.29, 1.82) is 0 Å². The Morgan fingerprint density at radius 1 is 1.27 bits per heavy atom. The molecule has 0 aromatic carbocycles. The van der Waals surface area contributed by atoms with Crippen LogP contribution in [0.1, 0.15) is 0 Å². The zero-order chi connectivity index (χ0) is 6.85. The van der Waals surface area contributed by atoms with Crippen LogP contribution in [0.5, 0.6) is 0 Å². The highest BCUT2D eigenvalue weighted by Gasteiger charge is 2.27. The number of rotatable bonds is 1. The minimum Gasteiger partial charge on any atom is -0.312 e. The van der Waals surface area contributed by atoms with Crippen molar-refractivity contribution in [2.75, 3.05) is 27.2 Å². The summed E-state index contributed by atoms with van der Waals surface area (Å²) in [5.74, 6) is 0. The van der Waals surface area contributed by atoms with Gasteiger partial charge in [0.15, 0.2) is 0 Å². The highest BCUT2D eigenvalue weighted by molar-refractivity contribution is 5.85. The molecule has 0 radical (unpaired) electrons. The summed E-state index contributed by atoms with van der Waals surface area (Å²) < 4.78 is 12.7. The molecule has 0 aromatic rings. The van der Waals surface area contributed by atoms with Crippen LogP contribution in [-0.4, -0.2) is 44.3 Å². The molecule has 0 saturated carbocycles. The Hall–Kier alpha value is 0.430. The van der Waals surface area contributed by atoms with Crippen LogP contribution in [0.25, 0.3) is 0 Å². The highest BCUT2D eigenvalue weighted by Crippen LogP contribution is 2.08. The smallest absolute Gasteiger partial charge is 0.129 e. The number of likely N-dealkylation sites (N-methyl/N-ethyl adjacent to an activating group) is 1. The molecule has 2 nitrogen and oxygen atoms in total. The molecule has 1 aliphatic rings. The quantitative estimate of drug-likeness (QED) is 0.677. The van der Waals surface area contributed by atoms with Crippen LogP contribution in [0.2, 0.25) is 0 Å². The average Bonchev–Trinajstić information content (AvgIpc) is 2.13. The molecule has 1 N–H and O–H groups in total. The lowest BCUT2D eigenvalue weighted by Gasteiger charge is -2.19. The normalized spacial score (nSPS) is 29.5. The Morgan fingerprint density at radius 2 is 1.82 bits per heavy atom. The third kappa shape index (κ3) is 3.56. The van der Waals surface area contributed by atoms with Gasteiger partial charge < -0.3 is 10.2 Å². The topological polar surface area (TPSA) is 15.3 Å². The maximum Gasteiger partial charge on any atom is 0.129 e. The summed E-state index contributed by atoms with van der Waals surface area (Å²) in [4.78, 5) is 1.92. The second-order valence-electron chi connectivity index (χ2n) is 2.71. The van der Waals surface area contributed by atoms with Gasteiger partial charge in [-0.3, -0.25) is 0 Å². The molecule has 2 atom stereocenters. The largest absolute Gasteiger partial charge is 0.312 e. The molecule has 70 valence electrons. The molecule has 0 unspecified atom stereocenters. The summed E-state index contributed by atoms with van der Waals surface area (Å²) in [6, 6.07) is 0.0880. The van der Waals surface area contributed by atoms with E-state index in [1.165, 1.54) is 0 Å². The number of halogens is 3. The van der Waals surface area contributed by atoms with Crippen molar-refractivity contribution < 1.29 is 4.39 Å². The first-order valence-corrected chi connectivity index (χ1v) is 3.23. The Balaban J connectivity index is 0. The Morgan fingerprint density at radius 3 is 2.00 bits per heavy atom. The van der Waals surface area contributed by atoms with Crippen molar-refractivity contribution in [3.8, 4) is 0 Å². The van der Waals surface area contributed by atoms with Crippen LogP contribution in [-0.2, 0) is 0 Å². The van der Waals surface area contributed by atoms with Gasteiger partial charge in [0.05, 0.1) is 6.04 Å². The van der Waals surface area contributed by atoms with E-state index in [1.807, 2.05) is 19.0 Å². The minimum absolute atomic E-state index is 0. The monoisotopic (exact) mass is 204 g/mol. The average molecular weight is 205 g/mol. The van der Waals surface area contributed by atoms with Crippen molar-refractivity contribution >= 4 is 24.8 Å². The van der Waals surface area contributed by atoms with Crippen LogP contribution < -0.4 is 5.32 Å². The van der Waals surface area contributed by atoms with Crippen molar-refractivity contribution in [2.45, 2.75) is 12.2 Å². The van der Waals surface area contributed by atoms with E-state index in [9.17, 15) is 4.39 Å². The van der Waals surface area contributed by atoms with Crippen molar-refractivity contribution in [2.24, 2.45) is 0 Å². The van der Waals surface area contributed by atoms with Gasteiger partial charge in [0.1, 0.15) is 6.17 Å². The lowest BCUT2D eigenvalue weighted by Crippen LogP contribution is -2.35. The molecule has 0 aliphatic carbocycles. The number of hydrogen-bond donors (Lipinski definition) is 1. The Kier molecular flexibility index (Phi) is 7.63. The van der Waals surface area contributed by atoms with Crippen molar-refractivity contribution in [1.82, 2.24) is 10.2 Å². The predicted octanol–water partition coefficient (Wildman–Crippen LogP) is 0.701. The summed E-state index contributed by atoms with van der Waals surface area (Å²) in [7, 11) is 3.81. The Labute approximate surface area is 79.3 Å². The summed E-state index contributed by atoms with van der Waals surface area (Å²) in [6.07, 6.45) is -0.681. The predicted molar refractivity (Wildman–Crippen MR) is 49.7 cm³/mol. The van der Waals surface area contributed by atoms with Gasteiger partial charge in [0.25, 0.3) is 0 Å². The summed E-state index contributed by atoms with van der Waals surface area (Å²) in [5.41, 5.74) is 0. The van der Waals surface area contributed by atoms with Gasteiger partial charge >= 0.3 is 0 Å². The van der Waals surface area contributed by atoms with Crippen LogP contribution in [0.15, 0.2) is 0 Å². The van der Waals surface area contributed by atoms with E-state index in [-0.39, 0.29) is 30.9 Å². The first-order chi connectivity index (χ1) is 4.22. The number of alkyl halides is 1. The van der Waals surface area contributed by atoms with Crippen molar-refractivity contribution in [3.05, 3.63) is 0 Å². The maximum atomic E-state index is 12.7. The molecular weight excluding hydrogens is 190 g/mol. The van der Waals surface area contributed by atoms with E-state index in [0.717, 1.165) is 6.54 Å². The molecule has 1 heterocycles. The van der Waals surface area contributed by atoms with Crippen LogP contribution in [0.4, 0.5) is 4.39 Å². The fourth-order valence-electron chi connectivity index (χ4n) is 1.14. The summed E-state index contributed by atoms with van der Waals surface area (Å²) >= 11 is 0. The Bertz CT molecular complexity index is 103. The van der Waals surface area contributed by atoms with E-state index in [1.54, 1.807) is 0 Å². The SMILES string of the molecule is CN(C)[C@@H]1CNC[C@@H]1F.Cl.Cl. The molecule has 5 heteroatoms. The maximum absolute atomic E-state index is 12.7. The fraction of sp³-hybridized carbons (Fsp3) is 1.00. The summed E-state index contributed by atoms with van der Waals surface area (Å²) in [6.45, 7) is 1.30. The molecular formula is C6H15Cl2FN2. The zero-order valence-corrected chi connectivity index (χ0v) is 8.34. The van der Waals surface area contributed by atoms with Gasteiger partial charge in [-0.05, 0) is 14.1 Å². The van der Waals surface area contributed by atoms with Gasteiger partial charge in [-0.2, -0.15) is 0 Å². The van der Waals surface area contributed by atoms with Crippen LogP contribution >= 0.6 is 24.8 Å². The molecule has 1 saturated heterocycles. The van der Waals surface area contributed by atoms with E-state index >= 15 is 0 Å². The fourth-order valence-corrected chi connectivity index (χ4v) is 1.14. The van der Waals surface area contributed by atoms with E-state index in [0.29, 0.717) is 6.54 Å². The molecule has 0 aromatic heterocycles. The van der Waals surface area contributed by atoms with Crippen molar-refractivity contribution in [3.63, 3.8) is 0 Å². The third-order valence-corrected chi connectivity index (χ3v) is 1.77. The molecule has 11 heavy (non-hydrogen) atoms. The molecule has 0 bridgehead atoms. The molecule has 1 fully saturated rings. The molecule has 0 amide bonds. The van der Waals surface area contributed by atoms with Crippen LogP contribution in [0, 0.1) is 0 Å². The first kappa shape index (κ1) is 14.0.